The van der Waals surface area contributed by atoms with Crippen LogP contribution in [0.4, 0.5) is 30.2 Å². The van der Waals surface area contributed by atoms with Crippen LogP contribution in [-0.2, 0) is 6.18 Å². The molecule has 0 saturated carbocycles. The predicted octanol–water partition coefficient (Wildman–Crippen LogP) is 10.5. The van der Waals surface area contributed by atoms with Crippen LogP contribution in [0.1, 0.15) is 5.56 Å². The molecule has 0 radical (unpaired) electrons. The molecule has 37 heavy (non-hydrogen) atoms. The molecule has 0 aliphatic carbocycles. The lowest BCUT2D eigenvalue weighted by atomic mass is 10.1. The quantitative estimate of drug-likeness (QED) is 0.206. The third-order valence-corrected chi connectivity index (χ3v) is 7.63. The highest BCUT2D eigenvalue weighted by Gasteiger charge is 2.30. The van der Waals surface area contributed by atoms with Gasteiger partial charge in [0.05, 0.1) is 5.56 Å². The molecule has 0 N–H and O–H groups in total. The molecule has 0 fully saturated rings. The van der Waals surface area contributed by atoms with Crippen molar-refractivity contribution in [2.75, 3.05) is 4.90 Å². The van der Waals surface area contributed by atoms with Crippen LogP contribution in [0, 0.1) is 0 Å². The van der Waals surface area contributed by atoms with E-state index >= 15 is 0 Å². The molecule has 5 rings (SSSR count). The molecule has 0 unspecified atom stereocenters. The van der Waals surface area contributed by atoms with E-state index in [0.29, 0.717) is 5.69 Å². The lowest BCUT2D eigenvalue weighted by molar-refractivity contribution is -0.137. The summed E-state index contributed by atoms with van der Waals surface area (Å²) in [5.74, 6) is 0. The molecule has 1 nitrogen and oxygen atoms in total. The van der Waals surface area contributed by atoms with Crippen LogP contribution < -0.4 is 4.90 Å². The molecule has 0 amide bonds. The molecule has 0 heterocycles. The molecule has 0 aliphatic heterocycles. The zero-order valence-corrected chi connectivity index (χ0v) is 21.2. The summed E-state index contributed by atoms with van der Waals surface area (Å²) in [5, 5.41) is 0. The molecule has 184 valence electrons. The van der Waals surface area contributed by atoms with Gasteiger partial charge in [0.25, 0.3) is 0 Å². The van der Waals surface area contributed by atoms with E-state index in [1.54, 1.807) is 23.5 Å². The monoisotopic (exact) mass is 529 g/mol. The Kier molecular flexibility index (Phi) is 7.58. The molecule has 5 aromatic rings. The number of rotatable bonds is 7. The predicted molar refractivity (Wildman–Crippen MR) is 147 cm³/mol. The minimum Gasteiger partial charge on any atom is -0.311 e. The maximum Gasteiger partial charge on any atom is 0.416 e. The molecule has 6 heteroatoms. The van der Waals surface area contributed by atoms with Gasteiger partial charge < -0.3 is 4.90 Å². The van der Waals surface area contributed by atoms with Crippen LogP contribution in [0.5, 0.6) is 0 Å². The van der Waals surface area contributed by atoms with E-state index in [9.17, 15) is 13.2 Å². The van der Waals surface area contributed by atoms with Crippen molar-refractivity contribution < 1.29 is 13.2 Å². The Morgan fingerprint density at radius 3 is 1.08 bits per heavy atom. The van der Waals surface area contributed by atoms with E-state index in [2.05, 4.69) is 24.3 Å². The van der Waals surface area contributed by atoms with Crippen molar-refractivity contribution in [2.24, 2.45) is 0 Å². The highest BCUT2D eigenvalue weighted by atomic mass is 32.2. The first-order valence-electron chi connectivity index (χ1n) is 11.6. The van der Waals surface area contributed by atoms with Gasteiger partial charge in [-0.1, -0.05) is 59.9 Å². The van der Waals surface area contributed by atoms with Gasteiger partial charge in [-0.05, 0) is 97.1 Å². The summed E-state index contributed by atoms with van der Waals surface area (Å²) in [7, 11) is 0. The van der Waals surface area contributed by atoms with Crippen molar-refractivity contribution in [1.82, 2.24) is 0 Å². The van der Waals surface area contributed by atoms with Crippen LogP contribution >= 0.6 is 23.5 Å². The third kappa shape index (κ3) is 6.40. The molecule has 0 atom stereocenters. The number of halogens is 3. The van der Waals surface area contributed by atoms with E-state index in [-0.39, 0.29) is 0 Å². The average Bonchev–Trinajstić information content (AvgIpc) is 2.92. The first-order valence-corrected chi connectivity index (χ1v) is 13.2. The van der Waals surface area contributed by atoms with Gasteiger partial charge in [0.2, 0.25) is 0 Å². The number of hydrogen-bond donors (Lipinski definition) is 0. The van der Waals surface area contributed by atoms with Gasteiger partial charge in [-0.2, -0.15) is 13.2 Å². The zero-order valence-electron chi connectivity index (χ0n) is 19.6. The van der Waals surface area contributed by atoms with Crippen LogP contribution in [0.25, 0.3) is 0 Å². The molecule has 0 saturated heterocycles. The fourth-order valence-electron chi connectivity index (χ4n) is 3.82. The first-order chi connectivity index (χ1) is 18.0. The van der Waals surface area contributed by atoms with Crippen molar-refractivity contribution in [3.8, 4) is 0 Å². The summed E-state index contributed by atoms with van der Waals surface area (Å²) in [6, 6.07) is 41.6. The van der Waals surface area contributed by atoms with Crippen molar-refractivity contribution >= 4 is 40.6 Å². The number of nitrogens with zero attached hydrogens (tertiary/aromatic N) is 1. The number of hydrogen-bond acceptors (Lipinski definition) is 3. The lowest BCUT2D eigenvalue weighted by Crippen LogP contribution is -2.11. The van der Waals surface area contributed by atoms with E-state index in [1.807, 2.05) is 89.8 Å². The van der Waals surface area contributed by atoms with E-state index < -0.39 is 11.7 Å². The number of benzene rings is 5. The van der Waals surface area contributed by atoms with Crippen molar-refractivity contribution in [2.45, 2.75) is 25.8 Å². The maximum atomic E-state index is 13.2. The van der Waals surface area contributed by atoms with Crippen molar-refractivity contribution in [3.05, 3.63) is 139 Å². The second kappa shape index (κ2) is 11.2. The van der Waals surface area contributed by atoms with E-state index in [0.717, 1.165) is 43.1 Å². The van der Waals surface area contributed by atoms with E-state index in [1.165, 1.54) is 12.1 Å². The lowest BCUT2D eigenvalue weighted by Gasteiger charge is -2.26. The Morgan fingerprint density at radius 2 is 0.730 bits per heavy atom. The summed E-state index contributed by atoms with van der Waals surface area (Å²) in [5.41, 5.74) is 1.71. The topological polar surface area (TPSA) is 3.24 Å². The molecular weight excluding hydrogens is 507 g/mol. The minimum absolute atomic E-state index is 0.653. The molecule has 5 aromatic carbocycles. The standard InChI is InChI=1S/C31H22F3NS2/c32-31(33,34)23-11-13-24(14-12-23)35(25-15-19-29(20-16-25)36-27-7-3-1-4-8-27)26-17-21-30(22-18-26)37-28-9-5-2-6-10-28/h1-22H. The van der Waals surface area contributed by atoms with E-state index in [4.69, 9.17) is 0 Å². The van der Waals surface area contributed by atoms with Gasteiger partial charge in [0.15, 0.2) is 0 Å². The molecule has 0 spiro atoms. The van der Waals surface area contributed by atoms with Gasteiger partial charge in [0.1, 0.15) is 0 Å². The Morgan fingerprint density at radius 1 is 0.405 bits per heavy atom. The van der Waals surface area contributed by atoms with Crippen LogP contribution in [0.2, 0.25) is 0 Å². The van der Waals surface area contributed by atoms with Gasteiger partial charge in [0, 0.05) is 36.6 Å². The smallest absolute Gasteiger partial charge is 0.311 e. The van der Waals surface area contributed by atoms with Crippen LogP contribution in [-0.4, -0.2) is 0 Å². The summed E-state index contributed by atoms with van der Waals surface area (Å²) in [6.45, 7) is 0. The SMILES string of the molecule is FC(F)(F)c1ccc(N(c2ccc(Sc3ccccc3)cc2)c2ccc(Sc3ccccc3)cc2)cc1. The molecular formula is C31H22F3NS2. The second-order valence-corrected chi connectivity index (χ2v) is 10.5. The Labute approximate surface area is 223 Å². The fourth-order valence-corrected chi connectivity index (χ4v) is 5.50. The Hall–Kier alpha value is -3.61. The summed E-state index contributed by atoms with van der Waals surface area (Å²) in [4.78, 5) is 6.41. The third-order valence-electron chi connectivity index (χ3n) is 5.60. The normalized spacial score (nSPS) is 11.3. The van der Waals surface area contributed by atoms with Gasteiger partial charge in [-0.3, -0.25) is 0 Å². The van der Waals surface area contributed by atoms with Crippen molar-refractivity contribution in [3.63, 3.8) is 0 Å². The molecule has 0 aromatic heterocycles. The van der Waals surface area contributed by atoms with Gasteiger partial charge in [-0.15, -0.1) is 0 Å². The minimum atomic E-state index is -4.38. The molecule has 0 aliphatic rings. The average molecular weight is 530 g/mol. The largest absolute Gasteiger partial charge is 0.416 e. The highest BCUT2D eigenvalue weighted by molar-refractivity contribution is 7.99. The number of anilines is 3. The number of alkyl halides is 3. The van der Waals surface area contributed by atoms with Gasteiger partial charge in [-0.25, -0.2) is 0 Å². The maximum absolute atomic E-state index is 13.2. The summed E-state index contributed by atoms with van der Waals surface area (Å²) < 4.78 is 39.6. The summed E-state index contributed by atoms with van der Waals surface area (Å²) in [6.07, 6.45) is -4.38. The van der Waals surface area contributed by atoms with Crippen LogP contribution in [0.15, 0.2) is 153 Å². The van der Waals surface area contributed by atoms with Crippen molar-refractivity contribution in [1.29, 1.82) is 0 Å². The second-order valence-electron chi connectivity index (χ2n) is 8.20. The Balaban J connectivity index is 1.46. The first kappa shape index (κ1) is 25.1. The zero-order chi connectivity index (χ0) is 25.7. The fraction of sp³-hybridized carbons (Fsp3) is 0.0323. The Bertz CT molecular complexity index is 1330. The summed E-state index contributed by atoms with van der Waals surface area (Å²) >= 11 is 3.32. The highest BCUT2D eigenvalue weighted by Crippen LogP contribution is 2.39. The van der Waals surface area contributed by atoms with Crippen LogP contribution in [0.3, 0.4) is 0 Å². The van der Waals surface area contributed by atoms with Gasteiger partial charge >= 0.3 is 6.18 Å². The molecule has 0 bridgehead atoms.